The van der Waals surface area contributed by atoms with Crippen LogP contribution in [0.25, 0.3) is 0 Å². The van der Waals surface area contributed by atoms with E-state index < -0.39 is 17.2 Å². The van der Waals surface area contributed by atoms with E-state index >= 15 is 0 Å². The molecule has 70 valence electrons. The molecule has 1 heterocycles. The first-order valence-electron chi connectivity index (χ1n) is 3.61. The van der Waals surface area contributed by atoms with Crippen molar-refractivity contribution >= 4 is 5.78 Å². The first-order chi connectivity index (χ1) is 5.95. The van der Waals surface area contributed by atoms with Gasteiger partial charge in [-0.25, -0.2) is 0 Å². The van der Waals surface area contributed by atoms with Gasteiger partial charge in [-0.05, 0) is 19.4 Å². The van der Waals surface area contributed by atoms with Crippen LogP contribution >= 0.6 is 0 Å². The van der Waals surface area contributed by atoms with Crippen LogP contribution in [0, 0.1) is 6.92 Å². The molecule has 1 aromatic rings. The zero-order valence-electron chi connectivity index (χ0n) is 7.24. The largest absolute Gasteiger partial charge is 0.492 e. The van der Waals surface area contributed by atoms with Crippen molar-refractivity contribution in [2.24, 2.45) is 0 Å². The highest BCUT2D eigenvalue weighted by Gasteiger charge is 2.15. The van der Waals surface area contributed by atoms with Crippen LogP contribution in [0.3, 0.4) is 0 Å². The number of rotatable bonds is 1. The summed E-state index contributed by atoms with van der Waals surface area (Å²) in [5.41, 5.74) is -0.456. The minimum absolute atomic E-state index is 0.0397. The van der Waals surface area contributed by atoms with Crippen molar-refractivity contribution in [3.8, 4) is 5.88 Å². The number of ketones is 1. The first kappa shape index (κ1) is 9.31. The Morgan fingerprint density at radius 2 is 2.08 bits per heavy atom. The quantitative estimate of drug-likeness (QED) is 0.484. The third kappa shape index (κ3) is 1.40. The number of aryl methyl sites for hydroxylation is 1. The maximum absolute atomic E-state index is 11.0. The Morgan fingerprint density at radius 3 is 2.54 bits per heavy atom. The molecule has 13 heavy (non-hydrogen) atoms. The maximum Gasteiger partial charge on any atom is 0.286 e. The lowest BCUT2D eigenvalue weighted by atomic mass is 10.1. The van der Waals surface area contributed by atoms with Crippen molar-refractivity contribution in [1.82, 2.24) is 4.73 Å². The van der Waals surface area contributed by atoms with Crippen molar-refractivity contribution < 1.29 is 15.1 Å². The average Bonchev–Trinajstić information content (AvgIpc) is 1.99. The molecule has 0 spiro atoms. The molecule has 0 saturated heterocycles. The van der Waals surface area contributed by atoms with Crippen molar-refractivity contribution in [2.75, 3.05) is 0 Å². The number of Topliss-reactive ketones (excluding diaryl/α,β-unsaturated/α-hetero) is 1. The SMILES string of the molecule is CC(=O)c1c(C)cc(=O)n(O)c1O. The molecule has 0 aliphatic rings. The van der Waals surface area contributed by atoms with Crippen LogP contribution in [0.5, 0.6) is 5.88 Å². The van der Waals surface area contributed by atoms with Crippen LogP contribution in [0.4, 0.5) is 0 Å². The summed E-state index contributed by atoms with van der Waals surface area (Å²) in [5, 5.41) is 18.2. The highest BCUT2D eigenvalue weighted by atomic mass is 16.5. The second-order valence-electron chi connectivity index (χ2n) is 2.73. The van der Waals surface area contributed by atoms with E-state index in [1.165, 1.54) is 13.8 Å². The van der Waals surface area contributed by atoms with E-state index in [4.69, 9.17) is 5.21 Å². The summed E-state index contributed by atoms with van der Waals surface area (Å²) in [6.07, 6.45) is 0. The van der Waals surface area contributed by atoms with Crippen molar-refractivity contribution in [2.45, 2.75) is 13.8 Å². The Labute approximate surface area is 73.8 Å². The molecule has 0 fully saturated rings. The summed E-state index contributed by atoms with van der Waals surface area (Å²) >= 11 is 0. The molecule has 1 rings (SSSR count). The van der Waals surface area contributed by atoms with Gasteiger partial charge in [0.25, 0.3) is 5.56 Å². The monoisotopic (exact) mass is 183 g/mol. The highest BCUT2D eigenvalue weighted by Crippen LogP contribution is 2.17. The van der Waals surface area contributed by atoms with Crippen molar-refractivity contribution in [3.63, 3.8) is 0 Å². The van der Waals surface area contributed by atoms with Crippen LogP contribution in [-0.4, -0.2) is 20.8 Å². The Bertz CT molecular complexity index is 419. The van der Waals surface area contributed by atoms with Gasteiger partial charge in [-0.2, -0.15) is 0 Å². The fourth-order valence-corrected chi connectivity index (χ4v) is 1.14. The molecular formula is C8H9NO4. The van der Waals surface area contributed by atoms with Gasteiger partial charge in [0.1, 0.15) is 0 Å². The Hall–Kier alpha value is -1.78. The van der Waals surface area contributed by atoms with Crippen LogP contribution in [0.15, 0.2) is 10.9 Å². The predicted molar refractivity (Wildman–Crippen MR) is 44.3 cm³/mol. The topological polar surface area (TPSA) is 79.5 Å². The van der Waals surface area contributed by atoms with E-state index in [0.717, 1.165) is 6.07 Å². The molecule has 5 nitrogen and oxygen atoms in total. The second kappa shape index (κ2) is 2.93. The number of aromatic nitrogens is 1. The molecule has 0 saturated carbocycles. The van der Waals surface area contributed by atoms with E-state index in [-0.39, 0.29) is 10.3 Å². The molecule has 0 amide bonds. The molecule has 2 N–H and O–H groups in total. The molecule has 0 aromatic carbocycles. The van der Waals surface area contributed by atoms with E-state index in [2.05, 4.69) is 0 Å². The maximum atomic E-state index is 11.0. The average molecular weight is 183 g/mol. The summed E-state index contributed by atoms with van der Waals surface area (Å²) in [5.74, 6) is -1.12. The predicted octanol–water partition coefficient (Wildman–Crippen LogP) is 0.302. The summed E-state index contributed by atoms with van der Waals surface area (Å²) < 4.78 is 0.0454. The second-order valence-corrected chi connectivity index (χ2v) is 2.73. The third-order valence-corrected chi connectivity index (χ3v) is 1.72. The fraction of sp³-hybridized carbons (Fsp3) is 0.250. The number of pyridine rings is 1. The number of aromatic hydroxyl groups is 1. The lowest BCUT2D eigenvalue weighted by Gasteiger charge is -2.06. The standard InChI is InChI=1S/C8H9NO4/c1-4-3-6(11)9(13)8(12)7(4)5(2)10/h3,12-13H,1-2H3. The van der Waals surface area contributed by atoms with Gasteiger partial charge in [0.05, 0.1) is 5.56 Å². The summed E-state index contributed by atoms with van der Waals surface area (Å²) in [4.78, 5) is 21.8. The Morgan fingerprint density at radius 1 is 1.54 bits per heavy atom. The van der Waals surface area contributed by atoms with E-state index in [1.54, 1.807) is 0 Å². The van der Waals surface area contributed by atoms with Crippen LogP contribution in [0.2, 0.25) is 0 Å². The number of nitrogens with zero attached hydrogens (tertiary/aromatic N) is 1. The Kier molecular flexibility index (Phi) is 2.10. The minimum atomic E-state index is -0.764. The molecule has 0 bridgehead atoms. The molecule has 1 aromatic heterocycles. The van der Waals surface area contributed by atoms with Gasteiger partial charge in [-0.3, -0.25) is 9.59 Å². The fourth-order valence-electron chi connectivity index (χ4n) is 1.14. The summed E-state index contributed by atoms with van der Waals surface area (Å²) in [6.45, 7) is 2.75. The van der Waals surface area contributed by atoms with Gasteiger partial charge in [-0.1, -0.05) is 0 Å². The number of hydrogen-bond acceptors (Lipinski definition) is 4. The van der Waals surface area contributed by atoms with Gasteiger partial charge < -0.3 is 10.3 Å². The van der Waals surface area contributed by atoms with Crippen molar-refractivity contribution in [1.29, 1.82) is 0 Å². The zero-order chi connectivity index (χ0) is 10.2. The van der Waals surface area contributed by atoms with Crippen molar-refractivity contribution in [3.05, 3.63) is 27.5 Å². The normalized spacial score (nSPS) is 10.0. The van der Waals surface area contributed by atoms with Crippen LogP contribution < -0.4 is 5.56 Å². The summed E-state index contributed by atoms with van der Waals surface area (Å²) in [6, 6.07) is 1.08. The van der Waals surface area contributed by atoms with E-state index in [1.807, 2.05) is 0 Å². The zero-order valence-corrected chi connectivity index (χ0v) is 7.24. The van der Waals surface area contributed by atoms with E-state index in [9.17, 15) is 14.7 Å². The van der Waals surface area contributed by atoms with Gasteiger partial charge in [0, 0.05) is 6.07 Å². The molecular weight excluding hydrogens is 174 g/mol. The summed E-state index contributed by atoms with van der Waals surface area (Å²) in [7, 11) is 0. The smallest absolute Gasteiger partial charge is 0.286 e. The van der Waals surface area contributed by atoms with Crippen LogP contribution in [-0.2, 0) is 0 Å². The lowest BCUT2D eigenvalue weighted by Crippen LogP contribution is -2.19. The van der Waals surface area contributed by atoms with Gasteiger partial charge >= 0.3 is 0 Å². The first-order valence-corrected chi connectivity index (χ1v) is 3.61. The minimum Gasteiger partial charge on any atom is -0.492 e. The Balaban J connectivity index is 3.63. The molecule has 0 radical (unpaired) electrons. The van der Waals surface area contributed by atoms with Crippen LogP contribution in [0.1, 0.15) is 22.8 Å². The number of carbonyl (C=O) groups excluding carboxylic acids is 1. The van der Waals surface area contributed by atoms with Gasteiger partial charge in [0.2, 0.25) is 5.88 Å². The van der Waals surface area contributed by atoms with E-state index in [0.29, 0.717) is 5.56 Å². The highest BCUT2D eigenvalue weighted by molar-refractivity contribution is 5.97. The molecule has 0 unspecified atom stereocenters. The third-order valence-electron chi connectivity index (χ3n) is 1.72. The number of carbonyl (C=O) groups is 1. The van der Waals surface area contributed by atoms with Gasteiger partial charge in [-0.15, -0.1) is 4.73 Å². The lowest BCUT2D eigenvalue weighted by molar-refractivity contribution is 0.0991. The van der Waals surface area contributed by atoms with Gasteiger partial charge in [0.15, 0.2) is 5.78 Å². The molecule has 0 aliphatic carbocycles. The molecule has 5 heteroatoms. The molecule has 0 aliphatic heterocycles. The number of hydrogen-bond donors (Lipinski definition) is 2. The molecule has 0 atom stereocenters.